The Hall–Kier alpha value is -5.24. The van der Waals surface area contributed by atoms with E-state index in [0.29, 0.717) is 48.8 Å². The number of aliphatic hydroxyl groups is 2. The molecule has 0 spiro atoms. The van der Waals surface area contributed by atoms with Crippen LogP contribution < -0.4 is 9.47 Å². The molecule has 6 unspecified atom stereocenters. The molecule has 1 aliphatic heterocycles. The summed E-state index contributed by atoms with van der Waals surface area (Å²) in [4.78, 5) is 32.7. The summed E-state index contributed by atoms with van der Waals surface area (Å²) in [5, 5.41) is 35.9. The average Bonchev–Trinajstić information content (AvgIpc) is 3.23. The molecule has 1 fully saturated rings. The number of nitrogens with zero attached hydrogens (tertiary/aromatic N) is 3. The Morgan fingerprint density at radius 1 is 1.03 bits per heavy atom. The molecule has 3 aromatic rings. The molecule has 2 aliphatic carbocycles. The van der Waals surface area contributed by atoms with Gasteiger partial charge < -0.3 is 34.0 Å². The van der Waals surface area contributed by atoms with Crippen LogP contribution in [0.2, 0.25) is 0 Å². The van der Waals surface area contributed by atoms with Gasteiger partial charge in [0.05, 0.1) is 29.2 Å². The van der Waals surface area contributed by atoms with Gasteiger partial charge >= 0.3 is 6.09 Å². The van der Waals surface area contributed by atoms with E-state index >= 15 is 0 Å². The van der Waals surface area contributed by atoms with Crippen molar-refractivity contribution in [1.29, 1.82) is 0 Å². The summed E-state index contributed by atoms with van der Waals surface area (Å²) in [7, 11) is 1.51. The lowest BCUT2D eigenvalue weighted by Crippen LogP contribution is -2.70. The molecule has 0 saturated heterocycles. The molecule has 310 valence electrons. The normalized spacial score (nSPS) is 23.8. The predicted molar refractivity (Wildman–Crippen MR) is 219 cm³/mol. The topological polar surface area (TPSA) is 162 Å². The van der Waals surface area contributed by atoms with Crippen molar-refractivity contribution < 1.29 is 43.7 Å². The fourth-order valence-electron chi connectivity index (χ4n) is 9.04. The van der Waals surface area contributed by atoms with E-state index in [0.717, 1.165) is 42.4 Å². The number of aliphatic hydroxyl groups excluding tert-OH is 2. The fraction of sp³-hybridized carbons (Fsp3) is 0.467. The zero-order valence-electron chi connectivity index (χ0n) is 33.4. The Kier molecular flexibility index (Phi) is 14.6. The van der Waals surface area contributed by atoms with Crippen molar-refractivity contribution in [3.05, 3.63) is 118 Å². The molecular formula is C45H55N3O10. The van der Waals surface area contributed by atoms with Gasteiger partial charge in [0.25, 0.3) is 5.69 Å². The number of nitro benzene ring substituents is 1. The molecule has 6 rings (SSSR count). The van der Waals surface area contributed by atoms with Crippen molar-refractivity contribution >= 4 is 17.5 Å². The second kappa shape index (κ2) is 20.0. The van der Waals surface area contributed by atoms with Crippen LogP contribution in [0.5, 0.6) is 17.2 Å². The second-order valence-electron chi connectivity index (χ2n) is 15.0. The summed E-state index contributed by atoms with van der Waals surface area (Å²) in [6.45, 7) is 6.70. The van der Waals surface area contributed by atoms with Crippen LogP contribution in [0.4, 0.5) is 10.5 Å². The molecule has 13 heteroatoms. The SMILES string of the molecule is C=CCOC12Oc3ccc(Oc4cccc([N+](=O)[O-])c4)cc3C3C(CCCCO)C(CCCCO)C=C(C(=NOC)CC1N(CCC)C(=O)OCc1ccccc1)C32. The molecule has 0 aromatic heterocycles. The third kappa shape index (κ3) is 9.22. The first-order chi connectivity index (χ1) is 28.3. The zero-order chi connectivity index (χ0) is 41.1. The highest BCUT2D eigenvalue weighted by Gasteiger charge is 2.65. The number of non-ortho nitro benzene ring substituents is 1. The third-order valence-electron chi connectivity index (χ3n) is 11.4. The number of unbranched alkanes of at least 4 members (excludes halogenated alkanes) is 2. The van der Waals surface area contributed by atoms with Crippen LogP contribution in [-0.2, 0) is 20.9 Å². The molecule has 1 saturated carbocycles. The van der Waals surface area contributed by atoms with Gasteiger partial charge in [-0.05, 0) is 79.3 Å². The zero-order valence-corrected chi connectivity index (χ0v) is 33.4. The van der Waals surface area contributed by atoms with Crippen LogP contribution in [-0.4, -0.2) is 77.1 Å². The van der Waals surface area contributed by atoms with Crippen molar-refractivity contribution in [1.82, 2.24) is 4.90 Å². The Morgan fingerprint density at radius 2 is 1.79 bits per heavy atom. The molecule has 6 atom stereocenters. The van der Waals surface area contributed by atoms with E-state index in [4.69, 9.17) is 23.8 Å². The lowest BCUT2D eigenvalue weighted by Gasteiger charge is -2.59. The number of hydrogen-bond acceptors (Lipinski definition) is 11. The van der Waals surface area contributed by atoms with Gasteiger partial charge in [-0.1, -0.05) is 73.5 Å². The number of carbonyl (C=O) groups excluding carboxylic acids is 1. The number of hydrogen-bond donors (Lipinski definition) is 2. The number of fused-ring (bicyclic) bond motifs is 2. The number of amides is 1. The minimum Gasteiger partial charge on any atom is -0.459 e. The summed E-state index contributed by atoms with van der Waals surface area (Å²) in [6, 6.07) is 20.4. The summed E-state index contributed by atoms with van der Waals surface area (Å²) >= 11 is 0. The minimum absolute atomic E-state index is 0.00798. The molecule has 1 amide bonds. The summed E-state index contributed by atoms with van der Waals surface area (Å²) in [6.07, 6.45) is 8.74. The maximum Gasteiger partial charge on any atom is 0.410 e. The standard InChI is InChI=1S/C45H55N3O10/c1-4-22-47(44(51)55-30-31-14-7-6-8-15-31)41-29-39(46-54-3)37-26-32(16-9-11-23-49)36(19-10-12-24-50)42-38-28-35(57-34-18-13-17-33(27-34)48(52)53)20-21-40(38)58-45(41,43(37)42)56-25-5-2/h5-8,13-15,17-18,20-21,26-28,32,36,41-43,49-50H,2,4,9-12,16,19,22-25,29-30H2,1,3H3. The molecule has 0 radical (unpaired) electrons. The van der Waals surface area contributed by atoms with Gasteiger partial charge in [0.1, 0.15) is 37.0 Å². The van der Waals surface area contributed by atoms with Crippen LogP contribution in [0.25, 0.3) is 0 Å². The summed E-state index contributed by atoms with van der Waals surface area (Å²) in [5.74, 6) is -0.801. The van der Waals surface area contributed by atoms with Crippen LogP contribution >= 0.6 is 0 Å². The summed E-state index contributed by atoms with van der Waals surface area (Å²) in [5.41, 5.74) is 3.22. The lowest BCUT2D eigenvalue weighted by atomic mass is 9.55. The molecule has 3 aliphatic rings. The molecule has 58 heavy (non-hydrogen) atoms. The van der Waals surface area contributed by atoms with Gasteiger partial charge in [0.2, 0.25) is 5.79 Å². The number of ether oxygens (including phenoxy) is 4. The van der Waals surface area contributed by atoms with Crippen LogP contribution in [0, 0.1) is 27.9 Å². The highest BCUT2D eigenvalue weighted by atomic mass is 16.7. The molecule has 3 aromatic carbocycles. The van der Waals surface area contributed by atoms with Crippen LogP contribution in [0.15, 0.2) is 102 Å². The highest BCUT2D eigenvalue weighted by molar-refractivity contribution is 6.03. The van der Waals surface area contributed by atoms with Crippen molar-refractivity contribution in [3.8, 4) is 17.2 Å². The minimum atomic E-state index is -1.43. The van der Waals surface area contributed by atoms with Gasteiger partial charge in [0.15, 0.2) is 0 Å². The largest absolute Gasteiger partial charge is 0.459 e. The number of nitro groups is 1. The van der Waals surface area contributed by atoms with Crippen molar-refractivity contribution in [3.63, 3.8) is 0 Å². The average molecular weight is 798 g/mol. The van der Waals surface area contributed by atoms with Gasteiger partial charge in [0, 0.05) is 43.7 Å². The monoisotopic (exact) mass is 797 g/mol. The molecular weight excluding hydrogens is 743 g/mol. The van der Waals surface area contributed by atoms with Crippen molar-refractivity contribution in [2.45, 2.75) is 82.6 Å². The number of oxime groups is 1. The quantitative estimate of drug-likeness (QED) is 0.0490. The smallest absolute Gasteiger partial charge is 0.410 e. The third-order valence-corrected chi connectivity index (χ3v) is 11.4. The van der Waals surface area contributed by atoms with E-state index < -0.39 is 28.8 Å². The van der Waals surface area contributed by atoms with Crippen molar-refractivity contribution in [2.75, 3.05) is 33.5 Å². The second-order valence-corrected chi connectivity index (χ2v) is 15.0. The van der Waals surface area contributed by atoms with E-state index in [-0.39, 0.29) is 56.3 Å². The fourth-order valence-corrected chi connectivity index (χ4v) is 9.04. The maximum absolute atomic E-state index is 14.4. The van der Waals surface area contributed by atoms with Gasteiger partial charge in [-0.2, -0.15) is 0 Å². The Labute approximate surface area is 340 Å². The molecule has 13 nitrogen and oxygen atoms in total. The number of carbonyl (C=O) groups is 1. The molecule has 1 heterocycles. The molecule has 0 bridgehead atoms. The number of benzene rings is 3. The Bertz CT molecular complexity index is 1940. The van der Waals surface area contributed by atoms with E-state index in [9.17, 15) is 25.1 Å². The highest BCUT2D eigenvalue weighted by Crippen LogP contribution is 2.62. The first-order valence-electron chi connectivity index (χ1n) is 20.3. The van der Waals surface area contributed by atoms with E-state index in [1.54, 1.807) is 29.2 Å². The van der Waals surface area contributed by atoms with Gasteiger partial charge in [-0.25, -0.2) is 4.79 Å². The van der Waals surface area contributed by atoms with E-state index in [1.807, 2.05) is 49.4 Å². The predicted octanol–water partition coefficient (Wildman–Crippen LogP) is 8.70. The number of rotatable bonds is 20. The van der Waals surface area contributed by atoms with E-state index in [2.05, 4.69) is 17.8 Å². The van der Waals surface area contributed by atoms with Crippen LogP contribution in [0.3, 0.4) is 0 Å². The van der Waals surface area contributed by atoms with E-state index in [1.165, 1.54) is 19.2 Å². The first-order valence-corrected chi connectivity index (χ1v) is 20.3. The summed E-state index contributed by atoms with van der Waals surface area (Å²) < 4.78 is 26.5. The first kappa shape index (κ1) is 42.4. The lowest BCUT2D eigenvalue weighted by molar-refractivity contribution is -0.384. The van der Waals surface area contributed by atoms with Crippen molar-refractivity contribution in [2.24, 2.45) is 22.9 Å². The number of allylic oxidation sites excluding steroid dienone is 1. The Balaban J connectivity index is 1.54. The van der Waals surface area contributed by atoms with Gasteiger partial charge in [-0.3, -0.25) is 15.0 Å². The Morgan fingerprint density at radius 3 is 2.50 bits per heavy atom. The molecule has 2 N–H and O–H groups in total. The van der Waals surface area contributed by atoms with Gasteiger partial charge in [-0.15, -0.1) is 6.58 Å². The maximum atomic E-state index is 14.4. The van der Waals surface area contributed by atoms with Crippen LogP contribution in [0.1, 0.15) is 75.3 Å².